The predicted octanol–water partition coefficient (Wildman–Crippen LogP) is 3.64. The van der Waals surface area contributed by atoms with Gasteiger partial charge in [0, 0.05) is 16.1 Å². The van der Waals surface area contributed by atoms with E-state index < -0.39 is 16.0 Å². The third-order valence-corrected chi connectivity index (χ3v) is 6.12. The zero-order valence-corrected chi connectivity index (χ0v) is 17.7. The molecule has 0 spiro atoms. The Morgan fingerprint density at radius 1 is 1.16 bits per heavy atom. The van der Waals surface area contributed by atoms with E-state index in [9.17, 15) is 13.2 Å². The number of fused-ring (bicyclic) bond motifs is 1. The monoisotopic (exact) mass is 463 g/mol. The maximum atomic E-state index is 12.5. The minimum atomic E-state index is -3.85. The molecule has 1 N–H and O–H groups in total. The van der Waals surface area contributed by atoms with Crippen molar-refractivity contribution in [1.29, 1.82) is 0 Å². The van der Waals surface area contributed by atoms with E-state index in [1.165, 1.54) is 30.5 Å². The fourth-order valence-electron chi connectivity index (χ4n) is 3.04. The Labute approximate surface area is 183 Å². The van der Waals surface area contributed by atoms with E-state index in [2.05, 4.69) is 4.72 Å². The summed E-state index contributed by atoms with van der Waals surface area (Å²) in [5, 5.41) is 0.467. The average molecular weight is 464 g/mol. The summed E-state index contributed by atoms with van der Waals surface area (Å²) in [5.41, 5.74) is 1.46. The number of benzene rings is 2. The standard InChI is InChI=1S/C21H18ClNO7S/c22-17-7-15-11-27-13-30-20(15)16(8-17)12-29-21(24)14-3-1-5-19(9-14)31(25,26)23-10-18-4-2-6-28-18/h1-9,23H,10-13H2. The van der Waals surface area contributed by atoms with E-state index in [0.717, 1.165) is 5.56 Å². The average Bonchev–Trinajstić information content (AvgIpc) is 3.30. The first-order valence-corrected chi connectivity index (χ1v) is 11.1. The number of hydrogen-bond donors (Lipinski definition) is 1. The lowest BCUT2D eigenvalue weighted by Crippen LogP contribution is -2.23. The fraction of sp³-hybridized carbons (Fsp3) is 0.190. The van der Waals surface area contributed by atoms with Gasteiger partial charge in [-0.05, 0) is 42.5 Å². The minimum Gasteiger partial charge on any atom is -0.468 e. The van der Waals surface area contributed by atoms with Crippen LogP contribution in [0.2, 0.25) is 5.02 Å². The number of hydrogen-bond acceptors (Lipinski definition) is 7. The Bertz CT molecular complexity index is 1190. The third-order valence-electron chi connectivity index (χ3n) is 4.51. The molecule has 8 nitrogen and oxygen atoms in total. The molecule has 0 amide bonds. The Balaban J connectivity index is 1.46. The lowest BCUT2D eigenvalue weighted by Gasteiger charge is -2.21. The van der Waals surface area contributed by atoms with Crippen molar-refractivity contribution in [3.8, 4) is 5.75 Å². The van der Waals surface area contributed by atoms with Crippen LogP contribution in [0, 0.1) is 0 Å². The zero-order chi connectivity index (χ0) is 21.8. The summed E-state index contributed by atoms with van der Waals surface area (Å²) in [5.74, 6) is 0.363. The van der Waals surface area contributed by atoms with Gasteiger partial charge in [0.05, 0.1) is 29.9 Å². The van der Waals surface area contributed by atoms with Crippen LogP contribution in [0.5, 0.6) is 5.75 Å². The van der Waals surface area contributed by atoms with Crippen LogP contribution in [0.15, 0.2) is 64.1 Å². The van der Waals surface area contributed by atoms with E-state index in [4.69, 9.17) is 30.2 Å². The molecule has 0 saturated carbocycles. The molecule has 10 heteroatoms. The molecule has 2 heterocycles. The van der Waals surface area contributed by atoms with Crippen molar-refractivity contribution in [2.75, 3.05) is 6.79 Å². The van der Waals surface area contributed by atoms with Gasteiger partial charge in [0.2, 0.25) is 10.0 Å². The molecule has 31 heavy (non-hydrogen) atoms. The molecule has 0 saturated heterocycles. The number of rotatable bonds is 7. The van der Waals surface area contributed by atoms with Gasteiger partial charge in [-0.25, -0.2) is 17.9 Å². The van der Waals surface area contributed by atoms with E-state index in [1.54, 1.807) is 24.3 Å². The lowest BCUT2D eigenvalue weighted by molar-refractivity contribution is -0.0180. The first-order chi connectivity index (χ1) is 14.9. The minimum absolute atomic E-state index is 0.00635. The zero-order valence-electron chi connectivity index (χ0n) is 16.2. The van der Waals surface area contributed by atoms with Gasteiger partial charge >= 0.3 is 5.97 Å². The Hall–Kier alpha value is -2.85. The quantitative estimate of drug-likeness (QED) is 0.533. The van der Waals surface area contributed by atoms with Gasteiger partial charge in [-0.2, -0.15) is 0 Å². The Morgan fingerprint density at radius 2 is 2.03 bits per heavy atom. The molecule has 1 aromatic heterocycles. The van der Waals surface area contributed by atoms with Crippen molar-refractivity contribution in [3.05, 3.63) is 82.3 Å². The first-order valence-electron chi connectivity index (χ1n) is 9.23. The highest BCUT2D eigenvalue weighted by molar-refractivity contribution is 7.89. The molecule has 0 bridgehead atoms. The summed E-state index contributed by atoms with van der Waals surface area (Å²) in [6.07, 6.45) is 1.45. The largest absolute Gasteiger partial charge is 0.468 e. The van der Waals surface area contributed by atoms with Crippen LogP contribution in [-0.2, 0) is 39.3 Å². The summed E-state index contributed by atoms with van der Waals surface area (Å²) in [4.78, 5) is 12.5. The van der Waals surface area contributed by atoms with Gasteiger partial charge in [0.1, 0.15) is 18.1 Å². The maximum Gasteiger partial charge on any atom is 0.338 e. The number of carbonyl (C=O) groups is 1. The number of nitrogens with one attached hydrogen (secondary N) is 1. The smallest absolute Gasteiger partial charge is 0.338 e. The fourth-order valence-corrected chi connectivity index (χ4v) is 4.35. The van der Waals surface area contributed by atoms with Crippen LogP contribution in [0.4, 0.5) is 0 Å². The lowest BCUT2D eigenvalue weighted by atomic mass is 10.1. The molecule has 2 aromatic carbocycles. The van der Waals surface area contributed by atoms with Gasteiger partial charge in [-0.3, -0.25) is 0 Å². The van der Waals surface area contributed by atoms with Crippen LogP contribution in [0.25, 0.3) is 0 Å². The molecular formula is C21H18ClNO7S. The van der Waals surface area contributed by atoms with E-state index in [-0.39, 0.29) is 30.4 Å². The van der Waals surface area contributed by atoms with E-state index in [0.29, 0.717) is 28.7 Å². The molecule has 0 fully saturated rings. The summed E-state index contributed by atoms with van der Waals surface area (Å²) >= 11 is 6.12. The van der Waals surface area contributed by atoms with Crippen LogP contribution in [0.1, 0.15) is 27.2 Å². The molecule has 0 aliphatic carbocycles. The molecule has 1 aliphatic heterocycles. The van der Waals surface area contributed by atoms with Crippen molar-refractivity contribution in [2.45, 2.75) is 24.7 Å². The van der Waals surface area contributed by atoms with Gasteiger partial charge < -0.3 is 18.6 Å². The van der Waals surface area contributed by atoms with Crippen molar-refractivity contribution in [1.82, 2.24) is 4.72 Å². The Morgan fingerprint density at radius 3 is 2.84 bits per heavy atom. The van der Waals surface area contributed by atoms with Crippen molar-refractivity contribution in [2.24, 2.45) is 0 Å². The summed E-state index contributed by atoms with van der Waals surface area (Å²) < 4.78 is 48.7. The Kier molecular flexibility index (Phi) is 6.28. The number of sulfonamides is 1. The molecule has 162 valence electrons. The molecule has 1 aliphatic rings. The third kappa shape index (κ3) is 5.08. The highest BCUT2D eigenvalue weighted by Crippen LogP contribution is 2.32. The van der Waals surface area contributed by atoms with Crippen molar-refractivity contribution >= 4 is 27.6 Å². The van der Waals surface area contributed by atoms with E-state index >= 15 is 0 Å². The summed E-state index contributed by atoms with van der Waals surface area (Å²) in [6, 6.07) is 12.3. The highest BCUT2D eigenvalue weighted by Gasteiger charge is 2.20. The van der Waals surface area contributed by atoms with Gasteiger partial charge in [-0.1, -0.05) is 17.7 Å². The summed E-state index contributed by atoms with van der Waals surface area (Å²) in [6.45, 7) is 0.352. The second kappa shape index (κ2) is 9.11. The van der Waals surface area contributed by atoms with Crippen molar-refractivity contribution < 1.29 is 31.8 Å². The molecule has 3 aromatic rings. The van der Waals surface area contributed by atoms with E-state index in [1.807, 2.05) is 0 Å². The molecular weight excluding hydrogens is 446 g/mol. The number of halogens is 1. The topological polar surface area (TPSA) is 104 Å². The molecule has 4 rings (SSSR count). The van der Waals surface area contributed by atoms with Crippen LogP contribution in [0.3, 0.4) is 0 Å². The van der Waals surface area contributed by atoms with Crippen LogP contribution < -0.4 is 9.46 Å². The second-order valence-corrected chi connectivity index (χ2v) is 8.88. The van der Waals surface area contributed by atoms with Crippen LogP contribution in [-0.4, -0.2) is 21.2 Å². The number of ether oxygens (including phenoxy) is 3. The maximum absolute atomic E-state index is 12.5. The van der Waals surface area contributed by atoms with Crippen molar-refractivity contribution in [3.63, 3.8) is 0 Å². The first kappa shape index (κ1) is 21.4. The predicted molar refractivity (Wildman–Crippen MR) is 110 cm³/mol. The molecule has 0 radical (unpaired) electrons. The van der Waals surface area contributed by atoms with Gasteiger partial charge in [-0.15, -0.1) is 0 Å². The molecule has 0 unspecified atom stereocenters. The number of carbonyl (C=O) groups excluding carboxylic acids is 1. The van der Waals surface area contributed by atoms with Crippen LogP contribution >= 0.6 is 11.6 Å². The molecule has 0 atom stereocenters. The number of furan rings is 1. The normalized spacial score (nSPS) is 13.3. The highest BCUT2D eigenvalue weighted by atomic mass is 35.5. The van der Waals surface area contributed by atoms with Gasteiger partial charge in [0.15, 0.2) is 6.79 Å². The summed E-state index contributed by atoms with van der Waals surface area (Å²) in [7, 11) is -3.85. The second-order valence-electron chi connectivity index (χ2n) is 6.67. The number of esters is 1. The SMILES string of the molecule is O=C(OCc1cc(Cl)cc2c1OCOC2)c1cccc(S(=O)(=O)NCc2ccco2)c1. The van der Waals surface area contributed by atoms with Gasteiger partial charge in [0.25, 0.3) is 0 Å².